The molecule has 2 rings (SSSR count). The lowest BCUT2D eigenvalue weighted by atomic mass is 9.81. The van der Waals surface area contributed by atoms with Crippen LogP contribution in [0, 0.1) is 5.41 Å². The van der Waals surface area contributed by atoms with E-state index in [0.29, 0.717) is 6.29 Å². The van der Waals surface area contributed by atoms with E-state index in [2.05, 4.69) is 4.90 Å². The predicted molar refractivity (Wildman–Crippen MR) is 49.5 cm³/mol. The maximum Gasteiger partial charge on any atom is 0.202 e. The highest BCUT2D eigenvalue weighted by Crippen LogP contribution is 2.40. The molecule has 0 aliphatic carbocycles. The molecule has 2 bridgehead atoms. The number of hydrogen-bond donors (Lipinski definition) is 0. The lowest BCUT2D eigenvalue weighted by molar-refractivity contribution is -0.135. The molecule has 2 aliphatic heterocycles. The third kappa shape index (κ3) is 1.23. The number of carbonyl (C=O) groups excluding carboxylic acids is 2. The zero-order valence-electron chi connectivity index (χ0n) is 6.78. The van der Waals surface area contributed by atoms with Gasteiger partial charge in [0.1, 0.15) is 0 Å². The number of nitrogens with zero attached hydrogens (tertiary/aromatic N) is 1. The van der Waals surface area contributed by atoms with Gasteiger partial charge in [0.05, 0.1) is 5.41 Å². The monoisotopic (exact) mass is 233 g/mol. The van der Waals surface area contributed by atoms with Crippen molar-refractivity contribution in [1.82, 2.24) is 4.90 Å². The van der Waals surface area contributed by atoms with Crippen LogP contribution in [0.5, 0.6) is 0 Å². The van der Waals surface area contributed by atoms with Gasteiger partial charge in [0.15, 0.2) is 6.29 Å². The molecule has 2 saturated heterocycles. The molecule has 0 amide bonds. The summed E-state index contributed by atoms with van der Waals surface area (Å²) in [5, 5.41) is 0. The van der Waals surface area contributed by atoms with Crippen molar-refractivity contribution in [2.75, 3.05) is 19.6 Å². The molecule has 0 spiro atoms. The summed E-state index contributed by atoms with van der Waals surface area (Å²) in [5.41, 5.74) is -0.262. The number of hydrogen-bond acceptors (Lipinski definition) is 3. The topological polar surface area (TPSA) is 37.4 Å². The first-order chi connectivity index (χ1) is 5.27. The van der Waals surface area contributed by atoms with Crippen LogP contribution in [-0.2, 0) is 9.59 Å². The van der Waals surface area contributed by atoms with E-state index in [0.717, 1.165) is 32.5 Å². The summed E-state index contributed by atoms with van der Waals surface area (Å²) in [6.45, 7) is 2.82. The second-order valence-electron chi connectivity index (χ2n) is 3.54. The van der Waals surface area contributed by atoms with E-state index in [4.69, 9.17) is 0 Å². The van der Waals surface area contributed by atoms with Crippen LogP contribution >= 0.6 is 17.0 Å². The van der Waals surface area contributed by atoms with E-state index in [1.807, 2.05) is 0 Å². The van der Waals surface area contributed by atoms with Crippen molar-refractivity contribution in [3.8, 4) is 0 Å². The lowest BCUT2D eigenvalue weighted by Gasteiger charge is -2.19. The number of rotatable bonds is 2. The smallest absolute Gasteiger partial charge is 0.202 e. The first kappa shape index (κ1) is 9.86. The molecule has 3 nitrogen and oxygen atoms in total. The number of aldehydes is 1. The van der Waals surface area contributed by atoms with Gasteiger partial charge in [-0.25, -0.2) is 0 Å². The van der Waals surface area contributed by atoms with E-state index in [-0.39, 0.29) is 28.2 Å². The van der Waals surface area contributed by atoms with Crippen LogP contribution in [0.3, 0.4) is 0 Å². The van der Waals surface area contributed by atoms with Gasteiger partial charge in [-0.1, -0.05) is 0 Å². The Hall–Kier alpha value is -0.220. The van der Waals surface area contributed by atoms with Gasteiger partial charge in [-0.2, -0.15) is 0 Å². The predicted octanol–water partition coefficient (Wildman–Crippen LogP) is 0.428. The molecule has 0 aromatic heterocycles. The molecular weight excluding hydrogens is 222 g/mol. The molecule has 0 unspecified atom stereocenters. The molecule has 4 heteroatoms. The van der Waals surface area contributed by atoms with Crippen molar-refractivity contribution in [3.05, 3.63) is 0 Å². The standard InChI is InChI=1S/C8H11NO2.BrH/c10-5-7(11)8-1-3-9(6-8)4-2-8;/h5H,1-4,6H2;1H. The van der Waals surface area contributed by atoms with E-state index < -0.39 is 0 Å². The Morgan fingerprint density at radius 3 is 2.25 bits per heavy atom. The molecule has 0 N–H and O–H groups in total. The number of Topliss-reactive ketones (excluding diaryl/α,β-unsaturated/α-hetero) is 1. The number of fused-ring (bicyclic) bond motifs is 2. The maximum atomic E-state index is 11.2. The second kappa shape index (κ2) is 3.26. The molecule has 2 heterocycles. The van der Waals surface area contributed by atoms with Crippen molar-refractivity contribution in [3.63, 3.8) is 0 Å². The van der Waals surface area contributed by atoms with Crippen molar-refractivity contribution in [2.45, 2.75) is 12.8 Å². The Morgan fingerprint density at radius 1 is 1.33 bits per heavy atom. The average Bonchev–Trinajstić information content (AvgIpc) is 2.62. The average molecular weight is 234 g/mol. The van der Waals surface area contributed by atoms with Gasteiger partial charge in [-0.3, -0.25) is 9.59 Å². The molecule has 0 aromatic rings. The summed E-state index contributed by atoms with van der Waals surface area (Å²) in [5.74, 6) is -0.183. The van der Waals surface area contributed by atoms with Crippen molar-refractivity contribution < 1.29 is 9.59 Å². The molecule has 2 aliphatic rings. The Balaban J connectivity index is 0.000000720. The minimum atomic E-state index is -0.262. The van der Waals surface area contributed by atoms with Gasteiger partial charge in [0.25, 0.3) is 0 Å². The highest BCUT2D eigenvalue weighted by Gasteiger charge is 2.48. The molecule has 68 valence electrons. The minimum Gasteiger partial charge on any atom is -0.302 e. The fourth-order valence-corrected chi connectivity index (χ4v) is 2.17. The van der Waals surface area contributed by atoms with Crippen LogP contribution in [0.1, 0.15) is 12.8 Å². The minimum absolute atomic E-state index is 0. The third-order valence-electron chi connectivity index (χ3n) is 2.97. The van der Waals surface area contributed by atoms with Crippen molar-refractivity contribution in [1.29, 1.82) is 0 Å². The molecular formula is C8H12BrNO2. The van der Waals surface area contributed by atoms with Crippen LogP contribution < -0.4 is 0 Å². The normalized spacial score (nSPS) is 37.5. The summed E-state index contributed by atoms with van der Waals surface area (Å²) >= 11 is 0. The van der Waals surface area contributed by atoms with Crippen LogP contribution in [0.4, 0.5) is 0 Å². The number of halogens is 1. The number of ketones is 1. The van der Waals surface area contributed by atoms with E-state index in [1.165, 1.54) is 0 Å². The molecule has 0 aromatic carbocycles. The fraction of sp³-hybridized carbons (Fsp3) is 0.750. The zero-order valence-corrected chi connectivity index (χ0v) is 8.50. The molecule has 0 radical (unpaired) electrons. The fourth-order valence-electron chi connectivity index (χ4n) is 2.17. The summed E-state index contributed by atoms with van der Waals surface area (Å²) in [7, 11) is 0. The first-order valence-electron chi connectivity index (χ1n) is 3.99. The first-order valence-corrected chi connectivity index (χ1v) is 3.99. The van der Waals surface area contributed by atoms with E-state index >= 15 is 0 Å². The van der Waals surface area contributed by atoms with E-state index in [1.54, 1.807) is 0 Å². The SMILES string of the molecule is Br.O=CC(=O)C12CCN(CC1)C2. The quantitative estimate of drug-likeness (QED) is 0.513. The van der Waals surface area contributed by atoms with Crippen LogP contribution in [0.2, 0.25) is 0 Å². The third-order valence-corrected chi connectivity index (χ3v) is 2.97. The Labute approximate surface area is 81.9 Å². The summed E-state index contributed by atoms with van der Waals surface area (Å²) in [4.78, 5) is 23.8. The van der Waals surface area contributed by atoms with Crippen LogP contribution in [0.15, 0.2) is 0 Å². The summed E-state index contributed by atoms with van der Waals surface area (Å²) in [6.07, 6.45) is 2.28. The molecule has 2 fully saturated rings. The summed E-state index contributed by atoms with van der Waals surface area (Å²) in [6, 6.07) is 0. The zero-order chi connectivity index (χ0) is 7.90. The van der Waals surface area contributed by atoms with Crippen LogP contribution in [0.25, 0.3) is 0 Å². The Bertz CT molecular complexity index is 209. The summed E-state index contributed by atoms with van der Waals surface area (Å²) < 4.78 is 0. The van der Waals surface area contributed by atoms with Gasteiger partial charge in [-0.05, 0) is 25.9 Å². The maximum absolute atomic E-state index is 11.2. The Morgan fingerprint density at radius 2 is 1.92 bits per heavy atom. The number of carbonyl (C=O) groups is 2. The largest absolute Gasteiger partial charge is 0.302 e. The lowest BCUT2D eigenvalue weighted by Crippen LogP contribution is -2.30. The molecule has 0 saturated carbocycles. The van der Waals surface area contributed by atoms with Gasteiger partial charge in [-0.15, -0.1) is 17.0 Å². The molecule has 0 atom stereocenters. The van der Waals surface area contributed by atoms with Crippen molar-refractivity contribution >= 4 is 29.1 Å². The van der Waals surface area contributed by atoms with Crippen LogP contribution in [-0.4, -0.2) is 36.6 Å². The highest BCUT2D eigenvalue weighted by molar-refractivity contribution is 8.93. The second-order valence-corrected chi connectivity index (χ2v) is 3.54. The van der Waals surface area contributed by atoms with Gasteiger partial charge in [0.2, 0.25) is 5.78 Å². The van der Waals surface area contributed by atoms with Gasteiger partial charge >= 0.3 is 0 Å². The number of piperidine rings is 1. The Kier molecular flexibility index (Phi) is 2.68. The van der Waals surface area contributed by atoms with Crippen molar-refractivity contribution in [2.24, 2.45) is 5.41 Å². The highest BCUT2D eigenvalue weighted by atomic mass is 79.9. The van der Waals surface area contributed by atoms with Gasteiger partial charge in [0, 0.05) is 6.54 Å². The van der Waals surface area contributed by atoms with Gasteiger partial charge < -0.3 is 4.90 Å². The molecule has 12 heavy (non-hydrogen) atoms. The van der Waals surface area contributed by atoms with E-state index in [9.17, 15) is 9.59 Å².